The van der Waals surface area contributed by atoms with Crippen LogP contribution in [0.15, 0.2) is 6.07 Å². The molecule has 0 spiro atoms. The minimum absolute atomic E-state index is 0.321. The maximum Gasteiger partial charge on any atom is 0.240 e. The first-order valence-corrected chi connectivity index (χ1v) is 8.30. The number of nitriles is 1. The summed E-state index contributed by atoms with van der Waals surface area (Å²) >= 11 is 6.29. The summed E-state index contributed by atoms with van der Waals surface area (Å²) in [6.45, 7) is 5.46. The Bertz CT molecular complexity index is 688. The molecule has 7 nitrogen and oxygen atoms in total. The number of carbonyl (C=O) groups is 1. The minimum Gasteiger partial charge on any atom is -0.379 e. The van der Waals surface area contributed by atoms with Crippen LogP contribution in [0.4, 0.5) is 5.82 Å². The Morgan fingerprint density at radius 1 is 1.46 bits per heavy atom. The molecule has 2 fully saturated rings. The first-order valence-electron chi connectivity index (χ1n) is 7.93. The van der Waals surface area contributed by atoms with Crippen molar-refractivity contribution in [1.29, 1.82) is 5.26 Å². The fraction of sp³-hybridized carbons (Fsp3) is 0.562. The zero-order valence-electron chi connectivity index (χ0n) is 13.6. The van der Waals surface area contributed by atoms with Crippen LogP contribution in [0, 0.1) is 18.3 Å². The first-order chi connectivity index (χ1) is 11.5. The van der Waals surface area contributed by atoms with Gasteiger partial charge >= 0.3 is 0 Å². The molecule has 8 heteroatoms. The van der Waals surface area contributed by atoms with Gasteiger partial charge in [0.05, 0.1) is 22.9 Å². The smallest absolute Gasteiger partial charge is 0.240 e. The normalized spacial score (nSPS) is 24.8. The Kier molecular flexibility index (Phi) is 4.63. The highest BCUT2D eigenvalue weighted by molar-refractivity contribution is 6.33. The van der Waals surface area contributed by atoms with Crippen LogP contribution in [-0.2, 0) is 9.53 Å². The molecule has 2 saturated heterocycles. The van der Waals surface area contributed by atoms with E-state index in [2.05, 4.69) is 20.9 Å². The summed E-state index contributed by atoms with van der Waals surface area (Å²) in [4.78, 5) is 20.6. The number of aryl methyl sites for hydroxylation is 1. The number of primary amides is 1. The monoisotopic (exact) mass is 349 g/mol. The van der Waals surface area contributed by atoms with Gasteiger partial charge in [0.15, 0.2) is 0 Å². The van der Waals surface area contributed by atoms with Gasteiger partial charge in [-0.05, 0) is 13.0 Å². The molecule has 3 heterocycles. The standard InChI is InChI=1S/C16H20ClN5O2/c1-11-12(9-18)8-13(17)14(20-11)21-3-5-22(6-4-21)16(15(19)23)2-7-24-10-16/h8H,2-7,10H2,1H3,(H2,19,23). The van der Waals surface area contributed by atoms with Crippen molar-refractivity contribution in [3.8, 4) is 6.07 Å². The summed E-state index contributed by atoms with van der Waals surface area (Å²) in [5.41, 5.74) is 6.10. The van der Waals surface area contributed by atoms with Gasteiger partial charge in [0, 0.05) is 39.2 Å². The number of pyridine rings is 1. The van der Waals surface area contributed by atoms with Gasteiger partial charge < -0.3 is 15.4 Å². The number of nitrogens with zero attached hydrogens (tertiary/aromatic N) is 4. The van der Waals surface area contributed by atoms with Gasteiger partial charge in [0.25, 0.3) is 0 Å². The van der Waals surface area contributed by atoms with E-state index in [4.69, 9.17) is 27.3 Å². The van der Waals surface area contributed by atoms with Gasteiger partial charge in [-0.25, -0.2) is 4.98 Å². The van der Waals surface area contributed by atoms with Crippen molar-refractivity contribution in [2.75, 3.05) is 44.3 Å². The summed E-state index contributed by atoms with van der Waals surface area (Å²) in [5.74, 6) is 0.363. The van der Waals surface area contributed by atoms with Crippen molar-refractivity contribution >= 4 is 23.3 Å². The predicted molar refractivity (Wildman–Crippen MR) is 89.8 cm³/mol. The number of amides is 1. The first kappa shape index (κ1) is 17.0. The van der Waals surface area contributed by atoms with Crippen LogP contribution < -0.4 is 10.6 Å². The average molecular weight is 350 g/mol. The predicted octanol–water partition coefficient (Wildman–Crippen LogP) is 0.681. The molecule has 2 aliphatic heterocycles. The second-order valence-corrected chi connectivity index (χ2v) is 6.62. The van der Waals surface area contributed by atoms with E-state index in [1.807, 2.05) is 0 Å². The Hall–Kier alpha value is -1.88. The third-order valence-electron chi connectivity index (χ3n) is 4.91. The number of carbonyl (C=O) groups excluding carboxylic acids is 1. The number of ether oxygens (including phenoxy) is 1. The summed E-state index contributed by atoms with van der Waals surface area (Å²) < 4.78 is 5.43. The van der Waals surface area contributed by atoms with Crippen LogP contribution in [0.5, 0.6) is 0 Å². The van der Waals surface area contributed by atoms with Gasteiger partial charge in [-0.2, -0.15) is 5.26 Å². The van der Waals surface area contributed by atoms with E-state index >= 15 is 0 Å². The van der Waals surface area contributed by atoms with Crippen molar-refractivity contribution in [2.45, 2.75) is 18.9 Å². The lowest BCUT2D eigenvalue weighted by atomic mass is 9.94. The maximum atomic E-state index is 12.0. The molecule has 3 rings (SSSR count). The lowest BCUT2D eigenvalue weighted by Gasteiger charge is -2.43. The number of hydrogen-bond acceptors (Lipinski definition) is 6. The molecule has 1 unspecified atom stereocenters. The van der Waals surface area contributed by atoms with E-state index in [1.165, 1.54) is 0 Å². The lowest BCUT2D eigenvalue weighted by molar-refractivity contribution is -0.130. The van der Waals surface area contributed by atoms with Crippen LogP contribution in [0.2, 0.25) is 5.02 Å². The molecule has 128 valence electrons. The van der Waals surface area contributed by atoms with Gasteiger partial charge in [-0.15, -0.1) is 0 Å². The summed E-state index contributed by atoms with van der Waals surface area (Å²) in [5, 5.41) is 9.53. The molecule has 0 saturated carbocycles. The molecule has 0 aliphatic carbocycles. The zero-order chi connectivity index (χ0) is 17.3. The number of rotatable bonds is 3. The second kappa shape index (κ2) is 6.55. The Labute approximate surface area is 145 Å². The molecular formula is C16H20ClN5O2. The summed E-state index contributed by atoms with van der Waals surface area (Å²) in [6.07, 6.45) is 0.636. The average Bonchev–Trinajstić information content (AvgIpc) is 3.08. The van der Waals surface area contributed by atoms with Crippen molar-refractivity contribution in [3.05, 3.63) is 22.3 Å². The van der Waals surface area contributed by atoms with E-state index in [1.54, 1.807) is 13.0 Å². The Morgan fingerprint density at radius 3 is 2.71 bits per heavy atom. The molecule has 1 amide bonds. The van der Waals surface area contributed by atoms with E-state index in [0.717, 1.165) is 0 Å². The largest absolute Gasteiger partial charge is 0.379 e. The van der Waals surface area contributed by atoms with Crippen LogP contribution in [-0.4, -0.2) is 60.7 Å². The molecule has 0 radical (unpaired) electrons. The fourth-order valence-corrected chi connectivity index (χ4v) is 3.67. The van der Waals surface area contributed by atoms with Crippen molar-refractivity contribution < 1.29 is 9.53 Å². The Balaban J connectivity index is 1.75. The number of anilines is 1. The van der Waals surface area contributed by atoms with Gasteiger partial charge in [-0.1, -0.05) is 11.6 Å². The molecule has 1 atom stereocenters. The topological polar surface area (TPSA) is 95.5 Å². The highest BCUT2D eigenvalue weighted by Gasteiger charge is 2.46. The number of nitrogens with two attached hydrogens (primary N) is 1. The van der Waals surface area contributed by atoms with Crippen LogP contribution >= 0.6 is 11.6 Å². The zero-order valence-corrected chi connectivity index (χ0v) is 14.3. The van der Waals surface area contributed by atoms with Gasteiger partial charge in [0.2, 0.25) is 5.91 Å². The van der Waals surface area contributed by atoms with E-state index in [0.29, 0.717) is 67.9 Å². The molecule has 0 bridgehead atoms. The van der Waals surface area contributed by atoms with Gasteiger partial charge in [-0.3, -0.25) is 9.69 Å². The number of aromatic nitrogens is 1. The van der Waals surface area contributed by atoms with Crippen LogP contribution in [0.3, 0.4) is 0 Å². The summed E-state index contributed by atoms with van der Waals surface area (Å²) in [6, 6.07) is 3.74. The minimum atomic E-state index is -0.691. The van der Waals surface area contributed by atoms with Crippen molar-refractivity contribution in [1.82, 2.24) is 9.88 Å². The number of halogens is 1. The van der Waals surface area contributed by atoms with Crippen LogP contribution in [0.1, 0.15) is 17.7 Å². The molecule has 0 aromatic carbocycles. The highest BCUT2D eigenvalue weighted by atomic mass is 35.5. The van der Waals surface area contributed by atoms with Crippen LogP contribution in [0.25, 0.3) is 0 Å². The molecule has 1 aromatic rings. The SMILES string of the molecule is Cc1nc(N2CCN(C3(C(N)=O)CCOC3)CC2)c(Cl)cc1C#N. The van der Waals surface area contributed by atoms with E-state index in [-0.39, 0.29) is 5.91 Å². The summed E-state index contributed by atoms with van der Waals surface area (Å²) in [7, 11) is 0. The second-order valence-electron chi connectivity index (χ2n) is 6.21. The molecule has 1 aromatic heterocycles. The quantitative estimate of drug-likeness (QED) is 0.862. The number of piperazine rings is 1. The third-order valence-corrected chi connectivity index (χ3v) is 5.19. The lowest BCUT2D eigenvalue weighted by Crippen LogP contribution is -2.63. The van der Waals surface area contributed by atoms with E-state index < -0.39 is 5.54 Å². The fourth-order valence-electron chi connectivity index (χ4n) is 3.40. The molecule has 2 N–H and O–H groups in total. The molecular weight excluding hydrogens is 330 g/mol. The highest BCUT2D eigenvalue weighted by Crippen LogP contribution is 2.30. The van der Waals surface area contributed by atoms with Crippen molar-refractivity contribution in [2.24, 2.45) is 5.73 Å². The van der Waals surface area contributed by atoms with E-state index in [9.17, 15) is 4.79 Å². The maximum absolute atomic E-state index is 12.0. The molecule has 2 aliphatic rings. The Morgan fingerprint density at radius 2 is 2.17 bits per heavy atom. The van der Waals surface area contributed by atoms with Crippen molar-refractivity contribution in [3.63, 3.8) is 0 Å². The van der Waals surface area contributed by atoms with Gasteiger partial charge in [0.1, 0.15) is 17.4 Å². The molecule has 24 heavy (non-hydrogen) atoms. The third kappa shape index (κ3) is 2.81. The number of hydrogen-bond donors (Lipinski definition) is 1.